The van der Waals surface area contributed by atoms with Crippen LogP contribution in [0.4, 0.5) is 22.0 Å². The van der Waals surface area contributed by atoms with Crippen molar-refractivity contribution in [2.45, 2.75) is 83.2 Å². The van der Waals surface area contributed by atoms with Crippen molar-refractivity contribution in [1.29, 1.82) is 0 Å². The Balaban J connectivity index is 1.88. The second-order valence-electron chi connectivity index (χ2n) is 7.28. The molecular weight excluding hydrogens is 335 g/mol. The molecule has 25 heavy (non-hydrogen) atoms. The average Bonchev–Trinajstić information content (AvgIpc) is 2.53. The minimum Gasteiger partial charge on any atom is -0.206 e. The first-order valence-corrected chi connectivity index (χ1v) is 9.39. The maximum atomic E-state index is 13.7. The van der Waals surface area contributed by atoms with E-state index >= 15 is 0 Å². The molecule has 142 valence electrons. The predicted molar refractivity (Wildman–Crippen MR) is 89.4 cm³/mol. The lowest BCUT2D eigenvalue weighted by Gasteiger charge is -2.29. The Morgan fingerprint density at radius 2 is 1.44 bits per heavy atom. The van der Waals surface area contributed by atoms with Crippen molar-refractivity contribution in [3.8, 4) is 0 Å². The second kappa shape index (κ2) is 9.00. The molecule has 0 nitrogen and oxygen atoms in total. The minimum atomic E-state index is -5.00. The van der Waals surface area contributed by atoms with E-state index in [4.69, 9.17) is 0 Å². The van der Waals surface area contributed by atoms with E-state index in [9.17, 15) is 22.0 Å². The molecule has 0 bridgehead atoms. The number of rotatable bonds is 7. The first-order valence-electron chi connectivity index (χ1n) is 9.39. The highest BCUT2D eigenvalue weighted by molar-refractivity contribution is 5.30. The molecule has 1 aliphatic carbocycles. The Hall–Kier alpha value is -1.13. The van der Waals surface area contributed by atoms with E-state index in [1.54, 1.807) is 0 Å². The number of halogens is 5. The number of benzene rings is 1. The van der Waals surface area contributed by atoms with Crippen molar-refractivity contribution in [2.24, 2.45) is 5.92 Å². The lowest BCUT2D eigenvalue weighted by atomic mass is 9.77. The van der Waals surface area contributed by atoms with Gasteiger partial charge in [-0.3, -0.25) is 0 Å². The van der Waals surface area contributed by atoms with Gasteiger partial charge in [-0.25, -0.2) is 8.78 Å². The minimum absolute atomic E-state index is 0.0392. The molecule has 5 heteroatoms. The van der Waals surface area contributed by atoms with Crippen LogP contribution in [-0.2, 0) is 6.18 Å². The van der Waals surface area contributed by atoms with Crippen LogP contribution in [0.5, 0.6) is 0 Å². The summed E-state index contributed by atoms with van der Waals surface area (Å²) in [6, 6.07) is 1.75. The highest BCUT2D eigenvalue weighted by Gasteiger charge is 2.38. The molecule has 0 aliphatic heterocycles. The van der Waals surface area contributed by atoms with Gasteiger partial charge in [-0.05, 0) is 55.2 Å². The summed E-state index contributed by atoms with van der Waals surface area (Å²) in [5, 5.41) is 0. The van der Waals surface area contributed by atoms with Gasteiger partial charge in [0.1, 0.15) is 17.2 Å². The Morgan fingerprint density at radius 1 is 0.880 bits per heavy atom. The summed E-state index contributed by atoms with van der Waals surface area (Å²) in [6.07, 6.45) is 6.01. The molecule has 0 aromatic heterocycles. The van der Waals surface area contributed by atoms with E-state index < -0.39 is 23.4 Å². The molecule has 1 fully saturated rings. The molecule has 0 N–H and O–H groups in total. The Labute approximate surface area is 146 Å². The van der Waals surface area contributed by atoms with Crippen molar-refractivity contribution in [3.63, 3.8) is 0 Å². The van der Waals surface area contributed by atoms with Gasteiger partial charge in [0.15, 0.2) is 0 Å². The zero-order valence-corrected chi connectivity index (χ0v) is 14.8. The first-order chi connectivity index (χ1) is 11.8. The molecule has 0 atom stereocenters. The van der Waals surface area contributed by atoms with E-state index in [2.05, 4.69) is 6.92 Å². The van der Waals surface area contributed by atoms with Gasteiger partial charge in [-0.15, -0.1) is 0 Å². The first kappa shape index (κ1) is 20.2. The number of hydrogen-bond acceptors (Lipinski definition) is 0. The van der Waals surface area contributed by atoms with Crippen LogP contribution in [-0.4, -0.2) is 0 Å². The van der Waals surface area contributed by atoms with Crippen molar-refractivity contribution < 1.29 is 22.0 Å². The van der Waals surface area contributed by atoms with Crippen molar-refractivity contribution in [2.75, 3.05) is 0 Å². The molecule has 2 rings (SSSR count). The van der Waals surface area contributed by atoms with E-state index in [1.807, 2.05) is 0 Å². The SMILES string of the molecule is CCCCCCCC1CCC(c2cc(F)c(C(F)(F)F)c(F)c2)CC1. The van der Waals surface area contributed by atoms with Crippen LogP contribution in [0.2, 0.25) is 0 Å². The highest BCUT2D eigenvalue weighted by atomic mass is 19.4. The van der Waals surface area contributed by atoms with Crippen LogP contribution in [0.3, 0.4) is 0 Å². The summed E-state index contributed by atoms with van der Waals surface area (Å²) >= 11 is 0. The Morgan fingerprint density at radius 3 is 1.96 bits per heavy atom. The molecule has 0 spiro atoms. The van der Waals surface area contributed by atoms with Crippen molar-refractivity contribution in [1.82, 2.24) is 0 Å². The van der Waals surface area contributed by atoms with Gasteiger partial charge in [-0.2, -0.15) is 13.2 Å². The molecule has 0 unspecified atom stereocenters. The number of unbranched alkanes of at least 4 members (excludes halogenated alkanes) is 4. The fraction of sp³-hybridized carbons (Fsp3) is 0.700. The van der Waals surface area contributed by atoms with Gasteiger partial charge in [0.2, 0.25) is 0 Å². The van der Waals surface area contributed by atoms with Gasteiger partial charge in [0.25, 0.3) is 0 Å². The van der Waals surface area contributed by atoms with Crippen LogP contribution >= 0.6 is 0 Å². The summed E-state index contributed by atoms with van der Waals surface area (Å²) in [5.74, 6) is -2.40. The molecule has 0 saturated heterocycles. The Kier molecular flexibility index (Phi) is 7.26. The van der Waals surface area contributed by atoms with Gasteiger partial charge < -0.3 is 0 Å². The average molecular weight is 362 g/mol. The van der Waals surface area contributed by atoms with Crippen LogP contribution < -0.4 is 0 Å². The standard InChI is InChI=1S/C20H27F5/c1-2-3-4-5-6-7-14-8-10-15(11-9-14)16-12-17(21)19(18(22)13-16)20(23,24)25/h12-15H,2-11H2,1H3. The monoisotopic (exact) mass is 362 g/mol. The largest absolute Gasteiger partial charge is 0.422 e. The summed E-state index contributed by atoms with van der Waals surface area (Å²) < 4.78 is 65.4. The fourth-order valence-electron chi connectivity index (χ4n) is 3.92. The third-order valence-electron chi connectivity index (χ3n) is 5.38. The molecule has 1 saturated carbocycles. The van der Waals surface area contributed by atoms with E-state index in [-0.39, 0.29) is 5.92 Å². The van der Waals surface area contributed by atoms with Gasteiger partial charge in [0.05, 0.1) is 0 Å². The highest BCUT2D eigenvalue weighted by Crippen LogP contribution is 2.40. The molecule has 1 aromatic rings. The quantitative estimate of drug-likeness (QED) is 0.346. The molecule has 0 amide bonds. The van der Waals surface area contributed by atoms with Crippen LogP contribution in [0.25, 0.3) is 0 Å². The molecular formula is C20H27F5. The normalized spacial score (nSPS) is 21.5. The number of alkyl halides is 3. The molecule has 1 aliphatic rings. The summed E-state index contributed by atoms with van der Waals surface area (Å²) in [5.41, 5.74) is -1.42. The van der Waals surface area contributed by atoms with E-state index in [0.717, 1.165) is 37.8 Å². The third-order valence-corrected chi connectivity index (χ3v) is 5.38. The van der Waals surface area contributed by atoms with Crippen LogP contribution in [0.15, 0.2) is 12.1 Å². The van der Waals surface area contributed by atoms with Crippen LogP contribution in [0, 0.1) is 17.6 Å². The maximum absolute atomic E-state index is 13.7. The summed E-state index contributed by atoms with van der Waals surface area (Å²) in [6.45, 7) is 2.19. The van der Waals surface area contributed by atoms with Gasteiger partial charge >= 0.3 is 6.18 Å². The third kappa shape index (κ3) is 5.68. The van der Waals surface area contributed by atoms with Crippen molar-refractivity contribution in [3.05, 3.63) is 34.9 Å². The maximum Gasteiger partial charge on any atom is 0.422 e. The topological polar surface area (TPSA) is 0 Å². The van der Waals surface area contributed by atoms with Gasteiger partial charge in [0, 0.05) is 0 Å². The summed E-state index contributed by atoms with van der Waals surface area (Å²) in [7, 11) is 0. The van der Waals surface area contributed by atoms with E-state index in [1.165, 1.54) is 38.5 Å². The molecule has 0 radical (unpaired) electrons. The zero-order valence-electron chi connectivity index (χ0n) is 14.8. The zero-order chi connectivity index (χ0) is 18.4. The molecule has 0 heterocycles. The smallest absolute Gasteiger partial charge is 0.206 e. The van der Waals surface area contributed by atoms with Gasteiger partial charge in [-0.1, -0.05) is 45.4 Å². The van der Waals surface area contributed by atoms with Crippen LogP contribution in [0.1, 0.15) is 88.2 Å². The number of hydrogen-bond donors (Lipinski definition) is 0. The molecule has 1 aromatic carbocycles. The fourth-order valence-corrected chi connectivity index (χ4v) is 3.92. The van der Waals surface area contributed by atoms with Crippen molar-refractivity contribution >= 4 is 0 Å². The summed E-state index contributed by atoms with van der Waals surface area (Å²) in [4.78, 5) is 0. The lowest BCUT2D eigenvalue weighted by Crippen LogP contribution is -2.16. The lowest BCUT2D eigenvalue weighted by molar-refractivity contribution is -0.142. The van der Waals surface area contributed by atoms with E-state index in [0.29, 0.717) is 11.5 Å². The predicted octanol–water partition coefficient (Wildman–Crippen LogP) is 7.62. The second-order valence-corrected chi connectivity index (χ2v) is 7.28. The Bertz CT molecular complexity index is 519.